The Morgan fingerprint density at radius 1 is 1.25 bits per heavy atom. The van der Waals surface area contributed by atoms with Crippen LogP contribution in [0.1, 0.15) is 24.5 Å². The Bertz CT molecular complexity index is 445. The Labute approximate surface area is 124 Å². The largest absolute Gasteiger partial charge is 0.481 e. The summed E-state index contributed by atoms with van der Waals surface area (Å²) in [5.41, 5.74) is 2.42. The van der Waals surface area contributed by atoms with Gasteiger partial charge in [-0.05, 0) is 19.4 Å². The zero-order valence-electron chi connectivity index (χ0n) is 12.0. The Morgan fingerprint density at radius 3 is 2.45 bits per heavy atom. The maximum absolute atomic E-state index is 11.9. The van der Waals surface area contributed by atoms with Crippen LogP contribution < -0.4 is 0 Å². The third-order valence-corrected chi connectivity index (χ3v) is 3.93. The molecule has 0 aliphatic carbocycles. The quantitative estimate of drug-likeness (QED) is 0.801. The molecule has 0 aliphatic heterocycles. The van der Waals surface area contributed by atoms with Crippen molar-refractivity contribution in [2.75, 3.05) is 18.8 Å². The zero-order chi connectivity index (χ0) is 15.0. The minimum atomic E-state index is -0.872. The first kappa shape index (κ1) is 16.6. The van der Waals surface area contributed by atoms with Gasteiger partial charge >= 0.3 is 5.97 Å². The number of hydrogen-bond donors (Lipinski definition) is 1. The molecular weight excluding hydrogens is 274 g/mol. The van der Waals surface area contributed by atoms with Crippen molar-refractivity contribution in [2.24, 2.45) is 0 Å². The molecule has 0 radical (unpaired) electrons. The van der Waals surface area contributed by atoms with Gasteiger partial charge in [-0.2, -0.15) is 0 Å². The number of thioether (sulfide) groups is 1. The van der Waals surface area contributed by atoms with E-state index in [2.05, 4.69) is 24.3 Å². The molecule has 0 atom stereocenters. The summed E-state index contributed by atoms with van der Waals surface area (Å²) in [7, 11) is 0. The fourth-order valence-electron chi connectivity index (χ4n) is 1.72. The number of carboxylic acid groups (broad SMARTS) is 1. The maximum atomic E-state index is 11.9. The summed E-state index contributed by atoms with van der Waals surface area (Å²) in [6, 6.07) is 8.25. The molecule has 1 rings (SSSR count). The monoisotopic (exact) mass is 295 g/mol. The highest BCUT2D eigenvalue weighted by atomic mass is 32.2. The third-order valence-electron chi connectivity index (χ3n) is 2.94. The second-order valence-corrected chi connectivity index (χ2v) is 5.58. The number of benzene rings is 1. The van der Waals surface area contributed by atoms with Crippen molar-refractivity contribution in [3.63, 3.8) is 0 Å². The van der Waals surface area contributed by atoms with Crippen molar-refractivity contribution < 1.29 is 14.7 Å². The van der Waals surface area contributed by atoms with Crippen LogP contribution in [0.3, 0.4) is 0 Å². The van der Waals surface area contributed by atoms with Crippen LogP contribution in [-0.4, -0.2) is 40.7 Å². The molecule has 110 valence electrons. The van der Waals surface area contributed by atoms with E-state index in [-0.39, 0.29) is 18.9 Å². The molecule has 5 heteroatoms. The van der Waals surface area contributed by atoms with Crippen LogP contribution in [0.25, 0.3) is 0 Å². The molecule has 0 fully saturated rings. The molecule has 0 saturated heterocycles. The van der Waals surface area contributed by atoms with E-state index in [0.717, 1.165) is 5.75 Å². The standard InChI is InChI=1S/C15H21NO3S/c1-3-16(9-8-15(18)19)14(17)11-20-10-13-6-4-12(2)5-7-13/h4-7H,3,8-11H2,1-2H3,(H,18,19). The number of rotatable bonds is 8. The number of carbonyl (C=O) groups is 2. The fraction of sp³-hybridized carbons (Fsp3) is 0.467. The van der Waals surface area contributed by atoms with Crippen LogP contribution in [0.4, 0.5) is 0 Å². The number of nitrogens with zero attached hydrogens (tertiary/aromatic N) is 1. The average Bonchev–Trinajstić information content (AvgIpc) is 2.41. The lowest BCUT2D eigenvalue weighted by Gasteiger charge is -2.19. The number of aliphatic carboxylic acids is 1. The smallest absolute Gasteiger partial charge is 0.305 e. The van der Waals surface area contributed by atoms with E-state index >= 15 is 0 Å². The molecular formula is C15H21NO3S. The zero-order valence-corrected chi connectivity index (χ0v) is 12.8. The number of hydrogen-bond acceptors (Lipinski definition) is 3. The molecule has 1 amide bonds. The van der Waals surface area contributed by atoms with Gasteiger partial charge in [0, 0.05) is 18.8 Å². The SMILES string of the molecule is CCN(CCC(=O)O)C(=O)CSCc1ccc(C)cc1. The van der Waals surface area contributed by atoms with Gasteiger partial charge in [-0.25, -0.2) is 0 Å². The summed E-state index contributed by atoms with van der Waals surface area (Å²) in [4.78, 5) is 24.1. The topological polar surface area (TPSA) is 57.6 Å². The van der Waals surface area contributed by atoms with Crippen LogP contribution in [0.2, 0.25) is 0 Å². The van der Waals surface area contributed by atoms with Gasteiger partial charge in [0.1, 0.15) is 0 Å². The first-order chi connectivity index (χ1) is 9.52. The summed E-state index contributed by atoms with van der Waals surface area (Å²) in [6.45, 7) is 4.75. The minimum absolute atomic E-state index is 0.00219. The van der Waals surface area contributed by atoms with Gasteiger partial charge in [0.2, 0.25) is 5.91 Å². The van der Waals surface area contributed by atoms with Crippen LogP contribution in [0, 0.1) is 6.92 Å². The molecule has 0 saturated carbocycles. The van der Waals surface area contributed by atoms with E-state index in [4.69, 9.17) is 5.11 Å². The van der Waals surface area contributed by atoms with E-state index in [1.54, 1.807) is 16.7 Å². The van der Waals surface area contributed by atoms with Crippen molar-refractivity contribution in [3.8, 4) is 0 Å². The summed E-state index contributed by atoms with van der Waals surface area (Å²) in [5, 5.41) is 8.64. The van der Waals surface area contributed by atoms with Gasteiger partial charge in [0.05, 0.1) is 12.2 Å². The molecule has 4 nitrogen and oxygen atoms in total. The Hall–Kier alpha value is -1.49. The number of carboxylic acids is 1. The molecule has 1 N–H and O–H groups in total. The third kappa shape index (κ3) is 6.10. The van der Waals surface area contributed by atoms with Crippen molar-refractivity contribution in [3.05, 3.63) is 35.4 Å². The molecule has 20 heavy (non-hydrogen) atoms. The van der Waals surface area contributed by atoms with Crippen LogP contribution >= 0.6 is 11.8 Å². The van der Waals surface area contributed by atoms with Gasteiger partial charge in [0.15, 0.2) is 0 Å². The molecule has 0 aromatic heterocycles. The lowest BCUT2D eigenvalue weighted by molar-refractivity contribution is -0.138. The highest BCUT2D eigenvalue weighted by molar-refractivity contribution is 7.99. The van der Waals surface area contributed by atoms with E-state index in [0.29, 0.717) is 12.3 Å². The van der Waals surface area contributed by atoms with E-state index < -0.39 is 5.97 Å². The van der Waals surface area contributed by atoms with Crippen molar-refractivity contribution in [1.82, 2.24) is 4.90 Å². The number of carbonyl (C=O) groups excluding carboxylic acids is 1. The Kier molecular flexibility index (Phi) is 7.15. The van der Waals surface area contributed by atoms with Crippen molar-refractivity contribution >= 4 is 23.6 Å². The second kappa shape index (κ2) is 8.64. The van der Waals surface area contributed by atoms with E-state index in [9.17, 15) is 9.59 Å². The van der Waals surface area contributed by atoms with Gasteiger partial charge in [-0.15, -0.1) is 11.8 Å². The number of aryl methyl sites for hydroxylation is 1. The molecule has 0 spiro atoms. The highest BCUT2D eigenvalue weighted by Crippen LogP contribution is 2.13. The van der Waals surface area contributed by atoms with Gasteiger partial charge < -0.3 is 10.0 Å². The molecule has 0 unspecified atom stereocenters. The molecule has 1 aromatic carbocycles. The summed E-state index contributed by atoms with van der Waals surface area (Å²) >= 11 is 1.56. The Balaban J connectivity index is 2.33. The first-order valence-electron chi connectivity index (χ1n) is 6.65. The maximum Gasteiger partial charge on any atom is 0.305 e. The highest BCUT2D eigenvalue weighted by Gasteiger charge is 2.12. The van der Waals surface area contributed by atoms with E-state index in [1.165, 1.54) is 11.1 Å². The average molecular weight is 295 g/mol. The first-order valence-corrected chi connectivity index (χ1v) is 7.81. The summed E-state index contributed by atoms with van der Waals surface area (Å²) in [6.07, 6.45) is 0.00219. The van der Waals surface area contributed by atoms with Crippen LogP contribution in [0.15, 0.2) is 24.3 Å². The van der Waals surface area contributed by atoms with Crippen LogP contribution in [-0.2, 0) is 15.3 Å². The predicted molar refractivity (Wildman–Crippen MR) is 81.8 cm³/mol. The normalized spacial score (nSPS) is 10.3. The summed E-state index contributed by atoms with van der Waals surface area (Å²) in [5.74, 6) is 0.318. The second-order valence-electron chi connectivity index (χ2n) is 4.60. The van der Waals surface area contributed by atoms with Crippen LogP contribution in [0.5, 0.6) is 0 Å². The Morgan fingerprint density at radius 2 is 1.90 bits per heavy atom. The number of amides is 1. The van der Waals surface area contributed by atoms with Crippen molar-refractivity contribution in [1.29, 1.82) is 0 Å². The minimum Gasteiger partial charge on any atom is -0.481 e. The van der Waals surface area contributed by atoms with Gasteiger partial charge in [-0.1, -0.05) is 29.8 Å². The van der Waals surface area contributed by atoms with Gasteiger partial charge in [-0.3, -0.25) is 9.59 Å². The molecule has 0 aliphatic rings. The predicted octanol–water partition coefficient (Wildman–Crippen LogP) is 2.55. The lowest BCUT2D eigenvalue weighted by Crippen LogP contribution is -2.34. The lowest BCUT2D eigenvalue weighted by atomic mass is 10.2. The summed E-state index contributed by atoms with van der Waals surface area (Å²) < 4.78 is 0. The molecule has 0 bridgehead atoms. The molecule has 1 aromatic rings. The van der Waals surface area contributed by atoms with Gasteiger partial charge in [0.25, 0.3) is 0 Å². The fourth-order valence-corrected chi connectivity index (χ4v) is 2.61. The van der Waals surface area contributed by atoms with Crippen molar-refractivity contribution in [2.45, 2.75) is 26.0 Å². The van der Waals surface area contributed by atoms with E-state index in [1.807, 2.05) is 13.8 Å². The molecule has 0 heterocycles.